The molecule has 2 atom stereocenters. The van der Waals surface area contributed by atoms with E-state index in [2.05, 4.69) is 5.32 Å². The lowest BCUT2D eigenvalue weighted by Crippen LogP contribution is -2.43. The number of nitrogens with one attached hydrogen (secondary N) is 1. The molecule has 0 aromatic rings. The molecular weight excluding hydrogens is 126 g/mol. The second-order valence-electron chi connectivity index (χ2n) is 3.31. The van der Waals surface area contributed by atoms with Crippen LogP contribution in [0.25, 0.3) is 0 Å². The third-order valence-corrected chi connectivity index (χ3v) is 2.71. The maximum atomic E-state index is 11.2. The number of rotatable bonds is 0. The molecule has 1 heterocycles. The van der Waals surface area contributed by atoms with Crippen molar-refractivity contribution in [1.82, 2.24) is 5.32 Å². The third kappa shape index (κ3) is 0.870. The highest BCUT2D eigenvalue weighted by atomic mass is 16.1. The number of ketones is 1. The number of fused-ring (bicyclic) bond motifs is 1. The molecule has 0 aromatic carbocycles. The Morgan fingerprint density at radius 2 is 2.30 bits per heavy atom. The lowest BCUT2D eigenvalue weighted by atomic mass is 9.93. The van der Waals surface area contributed by atoms with Gasteiger partial charge in [-0.05, 0) is 12.8 Å². The van der Waals surface area contributed by atoms with Crippen LogP contribution in [-0.2, 0) is 4.79 Å². The largest absolute Gasteiger partial charge is 0.313 e. The molecule has 0 aromatic heterocycles. The van der Waals surface area contributed by atoms with Gasteiger partial charge >= 0.3 is 0 Å². The summed E-state index contributed by atoms with van der Waals surface area (Å²) in [5.41, 5.74) is 0. The fourth-order valence-electron chi connectivity index (χ4n) is 2.16. The van der Waals surface area contributed by atoms with E-state index in [9.17, 15) is 4.79 Å². The molecule has 10 heavy (non-hydrogen) atoms. The van der Waals surface area contributed by atoms with Crippen molar-refractivity contribution in [1.29, 1.82) is 0 Å². The van der Waals surface area contributed by atoms with E-state index in [0.717, 1.165) is 19.4 Å². The van der Waals surface area contributed by atoms with Gasteiger partial charge in [-0.2, -0.15) is 0 Å². The van der Waals surface area contributed by atoms with E-state index >= 15 is 0 Å². The Balaban J connectivity index is 2.10. The van der Waals surface area contributed by atoms with Crippen molar-refractivity contribution in [2.45, 2.75) is 31.7 Å². The van der Waals surface area contributed by atoms with Crippen molar-refractivity contribution in [2.24, 2.45) is 5.92 Å². The maximum Gasteiger partial charge on any atom is 0.138 e. The molecule has 2 aliphatic rings. The summed E-state index contributed by atoms with van der Waals surface area (Å²) in [5, 5.41) is 3.39. The highest BCUT2D eigenvalue weighted by Crippen LogP contribution is 2.29. The van der Waals surface area contributed by atoms with E-state index in [0.29, 0.717) is 17.7 Å². The normalized spacial score (nSPS) is 39.8. The van der Waals surface area contributed by atoms with Crippen molar-refractivity contribution >= 4 is 5.78 Å². The van der Waals surface area contributed by atoms with Crippen molar-refractivity contribution < 1.29 is 4.79 Å². The Morgan fingerprint density at radius 3 is 3.10 bits per heavy atom. The van der Waals surface area contributed by atoms with Gasteiger partial charge in [0.25, 0.3) is 0 Å². The van der Waals surface area contributed by atoms with Gasteiger partial charge in [0.2, 0.25) is 0 Å². The topological polar surface area (TPSA) is 29.1 Å². The van der Waals surface area contributed by atoms with Crippen LogP contribution in [0.4, 0.5) is 0 Å². The highest BCUT2D eigenvalue weighted by molar-refractivity contribution is 5.83. The molecule has 2 rings (SSSR count). The smallest absolute Gasteiger partial charge is 0.138 e. The quantitative estimate of drug-likeness (QED) is 0.535. The summed E-state index contributed by atoms with van der Waals surface area (Å²) in [6, 6.07) is 0.543. The molecule has 2 heteroatoms. The molecule has 56 valence electrons. The van der Waals surface area contributed by atoms with Gasteiger partial charge in [0.05, 0.1) is 0 Å². The molecule has 1 saturated carbocycles. The Hall–Kier alpha value is -0.370. The molecule has 0 unspecified atom stereocenters. The van der Waals surface area contributed by atoms with Gasteiger partial charge in [-0.15, -0.1) is 0 Å². The summed E-state index contributed by atoms with van der Waals surface area (Å²) in [6.45, 7) is 0.917. The lowest BCUT2D eigenvalue weighted by Gasteiger charge is -2.24. The number of Topliss-reactive ketones (excluding diaryl/α,β-unsaturated/α-hetero) is 1. The molecule has 1 aliphatic carbocycles. The summed E-state index contributed by atoms with van der Waals surface area (Å²) >= 11 is 0. The molecule has 0 radical (unpaired) electrons. The van der Waals surface area contributed by atoms with Gasteiger partial charge in [-0.3, -0.25) is 4.79 Å². The van der Waals surface area contributed by atoms with Crippen LogP contribution in [0.1, 0.15) is 25.7 Å². The number of carbonyl (C=O) groups excluding carboxylic acids is 1. The molecule has 0 spiro atoms. The van der Waals surface area contributed by atoms with E-state index in [1.807, 2.05) is 0 Å². The summed E-state index contributed by atoms with van der Waals surface area (Å²) in [6.07, 6.45) is 4.36. The van der Waals surface area contributed by atoms with Gasteiger partial charge in [0.1, 0.15) is 5.78 Å². The lowest BCUT2D eigenvalue weighted by molar-refractivity contribution is -0.124. The highest BCUT2D eigenvalue weighted by Gasteiger charge is 2.34. The average molecular weight is 139 g/mol. The summed E-state index contributed by atoms with van der Waals surface area (Å²) < 4.78 is 0. The van der Waals surface area contributed by atoms with Crippen LogP contribution in [0.2, 0.25) is 0 Å². The first-order valence-corrected chi connectivity index (χ1v) is 4.14. The SMILES string of the molecule is O=C1CCN[C@@H]2CCC[C@H]12. The predicted molar refractivity (Wildman–Crippen MR) is 38.8 cm³/mol. The van der Waals surface area contributed by atoms with E-state index in [-0.39, 0.29) is 0 Å². The van der Waals surface area contributed by atoms with E-state index < -0.39 is 0 Å². The summed E-state index contributed by atoms with van der Waals surface area (Å²) in [4.78, 5) is 11.2. The van der Waals surface area contributed by atoms with E-state index in [4.69, 9.17) is 0 Å². The second-order valence-corrected chi connectivity index (χ2v) is 3.31. The third-order valence-electron chi connectivity index (χ3n) is 2.71. The number of piperidine rings is 1. The van der Waals surface area contributed by atoms with Crippen molar-refractivity contribution in [3.63, 3.8) is 0 Å². The van der Waals surface area contributed by atoms with Gasteiger partial charge in [-0.1, -0.05) is 6.42 Å². The molecule has 0 amide bonds. The Morgan fingerprint density at radius 1 is 1.40 bits per heavy atom. The summed E-state index contributed by atoms with van der Waals surface area (Å²) in [7, 11) is 0. The Bertz CT molecular complexity index is 155. The molecule has 1 saturated heterocycles. The molecule has 0 bridgehead atoms. The van der Waals surface area contributed by atoms with E-state index in [1.54, 1.807) is 0 Å². The minimum absolute atomic E-state index is 0.383. The van der Waals surface area contributed by atoms with Crippen LogP contribution in [0.3, 0.4) is 0 Å². The van der Waals surface area contributed by atoms with Gasteiger partial charge in [0, 0.05) is 24.9 Å². The van der Waals surface area contributed by atoms with Crippen LogP contribution in [-0.4, -0.2) is 18.4 Å². The first kappa shape index (κ1) is 6.35. The molecule has 2 nitrogen and oxygen atoms in total. The first-order valence-electron chi connectivity index (χ1n) is 4.14. The van der Waals surface area contributed by atoms with Crippen LogP contribution in [0.15, 0.2) is 0 Å². The van der Waals surface area contributed by atoms with E-state index in [1.165, 1.54) is 12.8 Å². The monoisotopic (exact) mass is 139 g/mol. The van der Waals surface area contributed by atoms with Gasteiger partial charge in [-0.25, -0.2) is 0 Å². The Labute approximate surface area is 61.0 Å². The summed E-state index contributed by atoms with van der Waals surface area (Å²) in [5.74, 6) is 0.884. The molecule has 1 aliphatic heterocycles. The zero-order valence-electron chi connectivity index (χ0n) is 6.10. The second kappa shape index (κ2) is 2.35. The van der Waals surface area contributed by atoms with Crippen LogP contribution >= 0.6 is 0 Å². The minimum atomic E-state index is 0.383. The van der Waals surface area contributed by atoms with Crippen LogP contribution < -0.4 is 5.32 Å². The minimum Gasteiger partial charge on any atom is -0.313 e. The van der Waals surface area contributed by atoms with Crippen molar-refractivity contribution in [3.8, 4) is 0 Å². The zero-order chi connectivity index (χ0) is 6.97. The van der Waals surface area contributed by atoms with Gasteiger partial charge < -0.3 is 5.32 Å². The molecule has 1 N–H and O–H groups in total. The molecular formula is C8H13NO. The van der Waals surface area contributed by atoms with Crippen LogP contribution in [0, 0.1) is 5.92 Å². The fraction of sp³-hybridized carbons (Fsp3) is 0.875. The van der Waals surface area contributed by atoms with Crippen molar-refractivity contribution in [3.05, 3.63) is 0 Å². The molecule has 2 fully saturated rings. The fourth-order valence-corrected chi connectivity index (χ4v) is 2.16. The first-order chi connectivity index (χ1) is 4.88. The van der Waals surface area contributed by atoms with Gasteiger partial charge in [0.15, 0.2) is 0 Å². The zero-order valence-corrected chi connectivity index (χ0v) is 6.10. The predicted octanol–water partition coefficient (Wildman–Crippen LogP) is 0.718. The maximum absolute atomic E-state index is 11.2. The average Bonchev–Trinajstić information content (AvgIpc) is 2.36. The standard InChI is InChI=1S/C8H13NO/c10-8-4-5-9-7-3-1-2-6(7)8/h6-7,9H,1-5H2/t6-,7+/m0/s1. The van der Waals surface area contributed by atoms with Crippen molar-refractivity contribution in [2.75, 3.05) is 6.54 Å². The number of carbonyl (C=O) groups is 1. The number of hydrogen-bond acceptors (Lipinski definition) is 2. The van der Waals surface area contributed by atoms with Crippen LogP contribution in [0.5, 0.6) is 0 Å². The Kier molecular flexibility index (Phi) is 1.49. The number of hydrogen-bond donors (Lipinski definition) is 1.